The van der Waals surface area contributed by atoms with Gasteiger partial charge in [0, 0.05) is 18.3 Å². The molecule has 1 unspecified atom stereocenters. The van der Waals surface area contributed by atoms with E-state index in [1.165, 1.54) is 24.3 Å². The van der Waals surface area contributed by atoms with Crippen molar-refractivity contribution in [3.05, 3.63) is 48.3 Å². The summed E-state index contributed by atoms with van der Waals surface area (Å²) < 4.78 is 29.2. The summed E-state index contributed by atoms with van der Waals surface area (Å²) in [6.45, 7) is 5.21. The minimum Gasteiger partial charge on any atom is -0.493 e. The number of aliphatic hydroxyl groups is 1. The SMILES string of the molecule is CCNC(=NCC(O)COc1ccc(F)cc1)Nc1ccc(OC)c(OCC)c1. The number of aliphatic hydroxyl groups excluding tert-OH is 1. The summed E-state index contributed by atoms with van der Waals surface area (Å²) in [5.74, 6) is 1.94. The second kappa shape index (κ2) is 11.8. The molecule has 158 valence electrons. The Labute approximate surface area is 170 Å². The Hall–Kier alpha value is -3.00. The number of hydrogen-bond donors (Lipinski definition) is 3. The highest BCUT2D eigenvalue weighted by molar-refractivity contribution is 5.93. The van der Waals surface area contributed by atoms with Crippen LogP contribution in [0, 0.1) is 5.82 Å². The fraction of sp³-hybridized carbons (Fsp3) is 0.381. The second-order valence-electron chi connectivity index (χ2n) is 6.06. The molecule has 2 aromatic carbocycles. The molecule has 0 aromatic heterocycles. The number of hydrogen-bond acceptors (Lipinski definition) is 5. The van der Waals surface area contributed by atoms with Gasteiger partial charge in [-0.15, -0.1) is 0 Å². The maximum absolute atomic E-state index is 12.9. The molecule has 0 bridgehead atoms. The lowest BCUT2D eigenvalue weighted by molar-refractivity contribution is 0.114. The van der Waals surface area contributed by atoms with E-state index in [1.54, 1.807) is 7.11 Å². The van der Waals surface area contributed by atoms with Crippen molar-refractivity contribution in [2.24, 2.45) is 4.99 Å². The number of aliphatic imine (C=N–C) groups is 1. The number of rotatable bonds is 10. The van der Waals surface area contributed by atoms with E-state index in [0.29, 0.717) is 36.4 Å². The Morgan fingerprint density at radius 2 is 1.86 bits per heavy atom. The predicted molar refractivity (Wildman–Crippen MR) is 112 cm³/mol. The lowest BCUT2D eigenvalue weighted by atomic mass is 10.2. The van der Waals surface area contributed by atoms with Gasteiger partial charge in [0.1, 0.15) is 24.3 Å². The Bertz CT molecular complexity index is 784. The molecule has 8 heteroatoms. The molecule has 2 rings (SSSR count). The van der Waals surface area contributed by atoms with E-state index < -0.39 is 6.10 Å². The summed E-state index contributed by atoms with van der Waals surface area (Å²) in [6.07, 6.45) is -0.814. The molecule has 2 aromatic rings. The van der Waals surface area contributed by atoms with Gasteiger partial charge in [0.2, 0.25) is 0 Å². The lowest BCUT2D eigenvalue weighted by Crippen LogP contribution is -2.32. The molecule has 0 aliphatic heterocycles. The second-order valence-corrected chi connectivity index (χ2v) is 6.06. The van der Waals surface area contributed by atoms with Gasteiger partial charge in [0.15, 0.2) is 17.5 Å². The quantitative estimate of drug-likeness (QED) is 0.416. The standard InChI is InChI=1S/C21H28FN3O4/c1-4-23-21(25-16-8-11-19(27-3)20(12-16)28-5-2)24-13-17(26)14-29-18-9-6-15(22)7-10-18/h6-12,17,26H,4-5,13-14H2,1-3H3,(H2,23,24,25). The molecule has 0 radical (unpaired) electrons. The van der Waals surface area contributed by atoms with Crippen LogP contribution in [-0.4, -0.2) is 50.6 Å². The summed E-state index contributed by atoms with van der Waals surface area (Å²) in [4.78, 5) is 4.39. The van der Waals surface area contributed by atoms with Crippen molar-refractivity contribution in [3.8, 4) is 17.2 Å². The normalized spacial score (nSPS) is 12.2. The highest BCUT2D eigenvalue weighted by atomic mass is 19.1. The Balaban J connectivity index is 1.96. The van der Waals surface area contributed by atoms with Crippen LogP contribution in [0.25, 0.3) is 0 Å². The zero-order valence-electron chi connectivity index (χ0n) is 16.9. The number of guanidine groups is 1. The van der Waals surface area contributed by atoms with Crippen LogP contribution < -0.4 is 24.8 Å². The molecule has 1 atom stereocenters. The number of nitrogens with zero attached hydrogens (tertiary/aromatic N) is 1. The van der Waals surface area contributed by atoms with E-state index in [2.05, 4.69) is 15.6 Å². The molecule has 0 aliphatic carbocycles. The summed E-state index contributed by atoms with van der Waals surface area (Å²) in [6, 6.07) is 11.1. The largest absolute Gasteiger partial charge is 0.493 e. The molecular formula is C21H28FN3O4. The Morgan fingerprint density at radius 1 is 1.10 bits per heavy atom. The third-order valence-corrected chi connectivity index (χ3v) is 3.79. The first-order valence-corrected chi connectivity index (χ1v) is 9.48. The van der Waals surface area contributed by atoms with Crippen molar-refractivity contribution < 1.29 is 23.7 Å². The van der Waals surface area contributed by atoms with Crippen molar-refractivity contribution >= 4 is 11.6 Å². The Kier molecular flexibility index (Phi) is 9.04. The number of methoxy groups -OCH3 is 1. The molecule has 0 amide bonds. The van der Waals surface area contributed by atoms with Gasteiger partial charge < -0.3 is 30.0 Å². The fourth-order valence-electron chi connectivity index (χ4n) is 2.44. The maximum atomic E-state index is 12.9. The number of nitrogens with one attached hydrogen (secondary N) is 2. The summed E-state index contributed by atoms with van der Waals surface area (Å²) in [5, 5.41) is 16.4. The summed E-state index contributed by atoms with van der Waals surface area (Å²) >= 11 is 0. The first-order chi connectivity index (χ1) is 14.0. The van der Waals surface area contributed by atoms with Gasteiger partial charge in [-0.25, -0.2) is 4.39 Å². The van der Waals surface area contributed by atoms with E-state index in [-0.39, 0.29) is 19.0 Å². The Morgan fingerprint density at radius 3 is 2.52 bits per heavy atom. The van der Waals surface area contributed by atoms with E-state index in [9.17, 15) is 9.50 Å². The predicted octanol–water partition coefficient (Wildman–Crippen LogP) is 3.05. The van der Waals surface area contributed by atoms with E-state index >= 15 is 0 Å². The summed E-state index contributed by atoms with van der Waals surface area (Å²) in [7, 11) is 1.59. The van der Waals surface area contributed by atoms with E-state index in [0.717, 1.165) is 5.69 Å². The minimum absolute atomic E-state index is 0.0472. The monoisotopic (exact) mass is 405 g/mol. The summed E-state index contributed by atoms with van der Waals surface area (Å²) in [5.41, 5.74) is 0.769. The van der Waals surface area contributed by atoms with Crippen molar-refractivity contribution in [1.29, 1.82) is 0 Å². The molecule has 0 heterocycles. The highest BCUT2D eigenvalue weighted by Gasteiger charge is 2.09. The molecule has 0 aliphatic rings. The average Bonchev–Trinajstić information content (AvgIpc) is 2.72. The zero-order valence-corrected chi connectivity index (χ0v) is 16.9. The van der Waals surface area contributed by atoms with Crippen LogP contribution >= 0.6 is 0 Å². The van der Waals surface area contributed by atoms with Crippen molar-refractivity contribution in [1.82, 2.24) is 5.32 Å². The van der Waals surface area contributed by atoms with Gasteiger partial charge in [0.05, 0.1) is 20.3 Å². The molecule has 0 saturated carbocycles. The number of ether oxygens (including phenoxy) is 3. The van der Waals surface area contributed by atoms with Crippen LogP contribution in [0.3, 0.4) is 0 Å². The smallest absolute Gasteiger partial charge is 0.195 e. The molecular weight excluding hydrogens is 377 g/mol. The van der Waals surface area contributed by atoms with Gasteiger partial charge in [-0.1, -0.05) is 0 Å². The van der Waals surface area contributed by atoms with Crippen molar-refractivity contribution in [2.45, 2.75) is 20.0 Å². The molecule has 0 saturated heterocycles. The van der Waals surface area contributed by atoms with Gasteiger partial charge in [-0.2, -0.15) is 0 Å². The lowest BCUT2D eigenvalue weighted by Gasteiger charge is -2.15. The van der Waals surface area contributed by atoms with E-state index in [4.69, 9.17) is 14.2 Å². The molecule has 0 spiro atoms. The fourth-order valence-corrected chi connectivity index (χ4v) is 2.44. The molecule has 3 N–H and O–H groups in total. The first kappa shape index (κ1) is 22.3. The topological polar surface area (TPSA) is 84.3 Å². The van der Waals surface area contributed by atoms with Crippen molar-refractivity contribution in [3.63, 3.8) is 0 Å². The van der Waals surface area contributed by atoms with Gasteiger partial charge in [-0.3, -0.25) is 4.99 Å². The van der Waals surface area contributed by atoms with Crippen LogP contribution in [0.2, 0.25) is 0 Å². The maximum Gasteiger partial charge on any atom is 0.195 e. The van der Waals surface area contributed by atoms with Crippen molar-refractivity contribution in [2.75, 3.05) is 38.7 Å². The van der Waals surface area contributed by atoms with Crippen LogP contribution in [0.5, 0.6) is 17.2 Å². The van der Waals surface area contributed by atoms with E-state index in [1.807, 2.05) is 32.0 Å². The number of anilines is 1. The molecule has 7 nitrogen and oxygen atoms in total. The zero-order chi connectivity index (χ0) is 21.1. The first-order valence-electron chi connectivity index (χ1n) is 9.48. The third kappa shape index (κ3) is 7.50. The third-order valence-electron chi connectivity index (χ3n) is 3.79. The van der Waals surface area contributed by atoms with Crippen LogP contribution in [0.4, 0.5) is 10.1 Å². The van der Waals surface area contributed by atoms with Gasteiger partial charge in [0.25, 0.3) is 0 Å². The van der Waals surface area contributed by atoms with Gasteiger partial charge >= 0.3 is 0 Å². The number of halogens is 1. The molecule has 29 heavy (non-hydrogen) atoms. The molecule has 0 fully saturated rings. The van der Waals surface area contributed by atoms with Crippen LogP contribution in [0.1, 0.15) is 13.8 Å². The highest BCUT2D eigenvalue weighted by Crippen LogP contribution is 2.30. The number of benzene rings is 2. The van der Waals surface area contributed by atoms with Crippen LogP contribution in [-0.2, 0) is 0 Å². The average molecular weight is 405 g/mol. The van der Waals surface area contributed by atoms with Crippen LogP contribution in [0.15, 0.2) is 47.5 Å². The van der Waals surface area contributed by atoms with Gasteiger partial charge in [-0.05, 0) is 50.2 Å². The minimum atomic E-state index is -0.814.